The Hall–Kier alpha value is -3.90. The molecule has 0 bridgehead atoms. The molecule has 0 fully saturated rings. The van der Waals surface area contributed by atoms with Crippen LogP contribution in [0.2, 0.25) is 0 Å². The van der Waals surface area contributed by atoms with Gasteiger partial charge >= 0.3 is 0 Å². The molecule has 3 aliphatic rings. The van der Waals surface area contributed by atoms with Crippen molar-refractivity contribution in [2.24, 2.45) is 0 Å². The van der Waals surface area contributed by atoms with Crippen molar-refractivity contribution in [1.29, 1.82) is 0 Å². The number of benzene rings is 2. The van der Waals surface area contributed by atoms with Crippen LogP contribution in [0.4, 0.5) is 11.4 Å². The summed E-state index contributed by atoms with van der Waals surface area (Å²) < 4.78 is 2.48. The maximum absolute atomic E-state index is 11.7. The van der Waals surface area contributed by atoms with E-state index in [0.717, 1.165) is 75.9 Å². The number of allylic oxidation sites excluding steroid dienone is 8. The number of anilines is 1. The summed E-state index contributed by atoms with van der Waals surface area (Å²) in [4.78, 5) is 25.9. The van der Waals surface area contributed by atoms with Gasteiger partial charge in [0.2, 0.25) is 17.5 Å². The van der Waals surface area contributed by atoms with Crippen molar-refractivity contribution in [3.05, 3.63) is 106 Å². The maximum Gasteiger partial charge on any atom is 0.219 e. The average Bonchev–Trinajstić information content (AvgIpc) is 3.48. The van der Waals surface area contributed by atoms with Gasteiger partial charge in [0.15, 0.2) is 5.71 Å². The van der Waals surface area contributed by atoms with Gasteiger partial charge in [-0.15, -0.1) is 0 Å². The number of hydrogen-bond donors (Lipinski definition) is 2. The lowest BCUT2D eigenvalue weighted by Gasteiger charge is -2.27. The Morgan fingerprint density at radius 3 is 2.14 bits per heavy atom. The van der Waals surface area contributed by atoms with Gasteiger partial charge in [0.25, 0.3) is 0 Å². The van der Waals surface area contributed by atoms with Crippen molar-refractivity contribution in [3.63, 3.8) is 0 Å². The van der Waals surface area contributed by atoms with E-state index in [2.05, 4.69) is 121 Å². The molecule has 0 aromatic heterocycles. The zero-order valence-corrected chi connectivity index (χ0v) is 32.5. The molecular weight excluding hydrogens is 652 g/mol. The Labute approximate surface area is 311 Å². The smallest absolute Gasteiger partial charge is 0.219 e. The van der Waals surface area contributed by atoms with Crippen LogP contribution >= 0.6 is 11.6 Å². The zero-order chi connectivity index (χ0) is 36.6. The molecule has 0 spiro atoms. The normalized spacial score (nSPS) is 19.3. The summed E-state index contributed by atoms with van der Waals surface area (Å²) in [5.74, 6) is 0.223. The molecule has 0 radical (unpaired) electrons. The Morgan fingerprint density at radius 1 is 0.784 bits per heavy atom. The minimum Gasteiger partial charge on any atom is -0.359 e. The first-order chi connectivity index (χ1) is 24.5. The van der Waals surface area contributed by atoms with Gasteiger partial charge in [-0.25, -0.2) is 0 Å². The topological polar surface area (TPSA) is 64.5 Å². The molecule has 7 heteroatoms. The Balaban J connectivity index is 1.38. The maximum atomic E-state index is 11.7. The van der Waals surface area contributed by atoms with Gasteiger partial charge in [-0.05, 0) is 87.6 Å². The summed E-state index contributed by atoms with van der Waals surface area (Å²) in [5, 5.41) is 6.34. The fourth-order valence-corrected chi connectivity index (χ4v) is 8.36. The summed E-state index contributed by atoms with van der Waals surface area (Å²) >= 11 is 7.25. The number of fused-ring (bicyclic) bond motifs is 2. The lowest BCUT2D eigenvalue weighted by molar-refractivity contribution is -0.438. The minimum atomic E-state index is -0.130. The van der Waals surface area contributed by atoms with Crippen LogP contribution in [0.15, 0.2) is 94.7 Å². The van der Waals surface area contributed by atoms with E-state index in [9.17, 15) is 9.59 Å². The number of nitrogens with one attached hydrogen (secondary N) is 2. The molecule has 6 nitrogen and oxygen atoms in total. The van der Waals surface area contributed by atoms with Crippen LogP contribution < -0.4 is 15.5 Å². The van der Waals surface area contributed by atoms with Gasteiger partial charge in [0.1, 0.15) is 6.54 Å². The van der Waals surface area contributed by atoms with E-state index in [4.69, 9.17) is 11.6 Å². The molecule has 2 amide bonds. The van der Waals surface area contributed by atoms with E-state index >= 15 is 0 Å². The standard InChI is InChI=1S/C44H57ClN4O2/c1-43(2)34-20-11-13-22-36(34)48(30-15-7-9-24-40(50)46-5)38(43)28-26-32-18-17-19-33(42(32)45)27-29-39-44(3,4)35-21-12-14-23-37(35)49(39)31-16-8-10-25-41(51)47-6/h11-14,20-23,26-29H,7-10,15-19,24-25,30-31H2,1-6H3,(H-,46,47,50,51)/p+1. The van der Waals surface area contributed by atoms with E-state index < -0.39 is 0 Å². The van der Waals surface area contributed by atoms with Crippen LogP contribution in [0.1, 0.15) is 109 Å². The number of hydrogen-bond acceptors (Lipinski definition) is 3. The van der Waals surface area contributed by atoms with Crippen molar-refractivity contribution in [1.82, 2.24) is 10.6 Å². The van der Waals surface area contributed by atoms with E-state index in [1.54, 1.807) is 14.1 Å². The number of halogens is 1. The van der Waals surface area contributed by atoms with Gasteiger partial charge in [0, 0.05) is 79.4 Å². The number of amides is 2. The van der Waals surface area contributed by atoms with Crippen molar-refractivity contribution in [2.45, 2.75) is 109 Å². The Kier molecular flexibility index (Phi) is 12.8. The molecule has 1 aliphatic carbocycles. The molecule has 2 aromatic rings. The molecule has 0 unspecified atom stereocenters. The largest absolute Gasteiger partial charge is 0.359 e. The first-order valence-electron chi connectivity index (χ1n) is 19.0. The SMILES string of the molecule is CNC(=O)CCCCCN1C(=CC=C2CCCC(C=CC3=[N+](CCCCCC(=O)NC)c4ccccc4C3(C)C)=C2Cl)C(C)(C)c2ccccc21. The molecule has 2 aliphatic heterocycles. The second kappa shape index (κ2) is 17.1. The number of rotatable bonds is 15. The van der Waals surface area contributed by atoms with Gasteiger partial charge in [-0.3, -0.25) is 9.59 Å². The Morgan fingerprint density at radius 2 is 1.43 bits per heavy atom. The molecule has 0 atom stereocenters. The number of carbonyl (C=O) groups is 2. The van der Waals surface area contributed by atoms with E-state index in [-0.39, 0.29) is 22.6 Å². The molecule has 51 heavy (non-hydrogen) atoms. The van der Waals surface area contributed by atoms with Crippen molar-refractivity contribution in [2.75, 3.05) is 32.1 Å². The zero-order valence-electron chi connectivity index (χ0n) is 31.7. The number of para-hydroxylation sites is 2. The number of nitrogens with zero attached hydrogens (tertiary/aromatic N) is 2. The summed E-state index contributed by atoms with van der Waals surface area (Å²) in [7, 11) is 3.41. The molecule has 272 valence electrons. The lowest BCUT2D eigenvalue weighted by Crippen LogP contribution is -2.28. The second-order valence-corrected chi connectivity index (χ2v) is 15.6. The van der Waals surface area contributed by atoms with Gasteiger partial charge in [-0.1, -0.05) is 80.4 Å². The summed E-state index contributed by atoms with van der Waals surface area (Å²) in [6, 6.07) is 17.5. The molecule has 5 rings (SSSR count). The highest BCUT2D eigenvalue weighted by atomic mass is 35.5. The fraction of sp³-hybridized carbons (Fsp3) is 0.477. The molecule has 2 aromatic carbocycles. The fourth-order valence-electron chi connectivity index (χ4n) is 8.05. The summed E-state index contributed by atoms with van der Waals surface area (Å²) in [6.07, 6.45) is 19.2. The third-order valence-electron chi connectivity index (χ3n) is 11.1. The highest BCUT2D eigenvalue weighted by Crippen LogP contribution is 2.48. The van der Waals surface area contributed by atoms with E-state index in [1.165, 1.54) is 45.1 Å². The van der Waals surface area contributed by atoms with Crippen LogP contribution in [0.3, 0.4) is 0 Å². The molecule has 2 heterocycles. The molecular formula is C44H58ClN4O2+. The summed E-state index contributed by atoms with van der Waals surface area (Å²) in [5.41, 5.74) is 9.97. The van der Waals surface area contributed by atoms with E-state index in [1.807, 2.05) is 0 Å². The first kappa shape index (κ1) is 38.3. The van der Waals surface area contributed by atoms with Crippen LogP contribution in [-0.4, -0.2) is 49.3 Å². The van der Waals surface area contributed by atoms with Crippen LogP contribution in [0, 0.1) is 0 Å². The van der Waals surface area contributed by atoms with Gasteiger partial charge < -0.3 is 15.5 Å². The van der Waals surface area contributed by atoms with Crippen LogP contribution in [0.5, 0.6) is 0 Å². The first-order valence-corrected chi connectivity index (χ1v) is 19.4. The van der Waals surface area contributed by atoms with Crippen LogP contribution in [-0.2, 0) is 20.4 Å². The second-order valence-electron chi connectivity index (χ2n) is 15.2. The number of carbonyl (C=O) groups excluding carboxylic acids is 2. The van der Waals surface area contributed by atoms with Gasteiger partial charge in [0.05, 0.1) is 5.41 Å². The minimum absolute atomic E-state index is 0.111. The molecule has 0 saturated heterocycles. The summed E-state index contributed by atoms with van der Waals surface area (Å²) in [6.45, 7) is 11.1. The average molecular weight is 710 g/mol. The molecule has 2 N–H and O–H groups in total. The highest BCUT2D eigenvalue weighted by Gasteiger charge is 2.44. The van der Waals surface area contributed by atoms with Crippen molar-refractivity contribution < 1.29 is 14.2 Å². The van der Waals surface area contributed by atoms with E-state index in [0.29, 0.717) is 12.8 Å². The van der Waals surface area contributed by atoms with Crippen molar-refractivity contribution in [3.8, 4) is 0 Å². The van der Waals surface area contributed by atoms with Gasteiger partial charge in [-0.2, -0.15) is 4.58 Å². The predicted molar refractivity (Wildman–Crippen MR) is 213 cm³/mol. The molecule has 0 saturated carbocycles. The number of unbranched alkanes of at least 4 members (excludes halogenated alkanes) is 4. The predicted octanol–water partition coefficient (Wildman–Crippen LogP) is 9.52. The van der Waals surface area contributed by atoms with Crippen LogP contribution in [0.25, 0.3) is 0 Å². The monoisotopic (exact) mass is 709 g/mol. The van der Waals surface area contributed by atoms with Crippen molar-refractivity contribution >= 4 is 40.5 Å². The highest BCUT2D eigenvalue weighted by molar-refractivity contribution is 6.32. The Bertz CT molecular complexity index is 1760. The third kappa shape index (κ3) is 8.60. The third-order valence-corrected chi connectivity index (χ3v) is 11.6. The lowest BCUT2D eigenvalue weighted by atomic mass is 9.81. The quantitative estimate of drug-likeness (QED) is 0.143.